The molecule has 1 aliphatic rings. The smallest absolute Gasteiger partial charge is 0.208 e. The molecule has 1 fully saturated rings. The summed E-state index contributed by atoms with van der Waals surface area (Å²) in [6.45, 7) is 0.181. The van der Waals surface area contributed by atoms with Crippen molar-refractivity contribution in [3.05, 3.63) is 0 Å². The average Bonchev–Trinajstić information content (AvgIpc) is 3.10. The van der Waals surface area contributed by atoms with Crippen molar-refractivity contribution >= 4 is 28.2 Å². The Kier molecular flexibility index (Phi) is 4.47. The van der Waals surface area contributed by atoms with Gasteiger partial charge in [0.2, 0.25) is 5.13 Å². The SMILES string of the molecule is CNC(CO)(CSc1nnc(N(C)C)s1)C1CC1. The predicted molar refractivity (Wildman–Crippen MR) is 76.6 cm³/mol. The zero-order valence-corrected chi connectivity index (χ0v) is 12.6. The zero-order chi connectivity index (χ0) is 13.2. The summed E-state index contributed by atoms with van der Waals surface area (Å²) in [4.78, 5) is 1.96. The summed E-state index contributed by atoms with van der Waals surface area (Å²) in [5, 5.41) is 22.2. The molecule has 1 atom stereocenters. The van der Waals surface area contributed by atoms with Gasteiger partial charge in [-0.25, -0.2) is 0 Å². The molecule has 7 heteroatoms. The van der Waals surface area contributed by atoms with Crippen molar-refractivity contribution in [1.82, 2.24) is 15.5 Å². The Hall–Kier alpha value is -0.370. The lowest BCUT2D eigenvalue weighted by molar-refractivity contribution is 0.167. The van der Waals surface area contributed by atoms with E-state index in [-0.39, 0.29) is 12.1 Å². The van der Waals surface area contributed by atoms with Crippen LogP contribution in [0.4, 0.5) is 5.13 Å². The van der Waals surface area contributed by atoms with Crippen LogP contribution in [0.3, 0.4) is 0 Å². The number of hydrogen-bond donors (Lipinski definition) is 2. The van der Waals surface area contributed by atoms with Gasteiger partial charge < -0.3 is 15.3 Å². The highest BCUT2D eigenvalue weighted by Gasteiger charge is 2.43. The number of aromatic nitrogens is 2. The summed E-state index contributed by atoms with van der Waals surface area (Å²) in [7, 11) is 5.86. The molecule has 0 radical (unpaired) electrons. The molecule has 1 unspecified atom stereocenters. The van der Waals surface area contributed by atoms with Crippen molar-refractivity contribution in [3.8, 4) is 0 Å². The highest BCUT2D eigenvalue weighted by atomic mass is 32.2. The molecule has 0 bridgehead atoms. The van der Waals surface area contributed by atoms with E-state index in [4.69, 9.17) is 0 Å². The second-order valence-electron chi connectivity index (χ2n) is 4.87. The minimum atomic E-state index is -0.158. The Morgan fingerprint density at radius 1 is 1.50 bits per heavy atom. The van der Waals surface area contributed by atoms with E-state index in [2.05, 4.69) is 15.5 Å². The van der Waals surface area contributed by atoms with Crippen molar-refractivity contribution in [2.45, 2.75) is 22.7 Å². The van der Waals surface area contributed by atoms with Gasteiger partial charge in [0.25, 0.3) is 0 Å². The number of hydrogen-bond acceptors (Lipinski definition) is 7. The van der Waals surface area contributed by atoms with Crippen LogP contribution in [0.25, 0.3) is 0 Å². The molecule has 18 heavy (non-hydrogen) atoms. The van der Waals surface area contributed by atoms with Gasteiger partial charge in [-0.3, -0.25) is 0 Å². The van der Waals surface area contributed by atoms with Gasteiger partial charge in [0.1, 0.15) is 0 Å². The first-order valence-electron chi connectivity index (χ1n) is 6.04. The van der Waals surface area contributed by atoms with Crippen LogP contribution in [0.15, 0.2) is 4.34 Å². The first-order valence-corrected chi connectivity index (χ1v) is 7.85. The quantitative estimate of drug-likeness (QED) is 0.732. The van der Waals surface area contributed by atoms with Crippen LogP contribution in [-0.4, -0.2) is 54.3 Å². The predicted octanol–water partition coefficient (Wildman–Crippen LogP) is 1.06. The minimum absolute atomic E-state index is 0.158. The van der Waals surface area contributed by atoms with E-state index < -0.39 is 0 Å². The van der Waals surface area contributed by atoms with E-state index >= 15 is 0 Å². The van der Waals surface area contributed by atoms with Crippen LogP contribution in [0.2, 0.25) is 0 Å². The third-order valence-electron chi connectivity index (χ3n) is 3.37. The number of aliphatic hydroxyl groups excluding tert-OH is 1. The minimum Gasteiger partial charge on any atom is -0.394 e. The maximum Gasteiger partial charge on any atom is 0.208 e. The highest BCUT2D eigenvalue weighted by Crippen LogP contribution is 2.42. The lowest BCUT2D eigenvalue weighted by Gasteiger charge is -2.31. The van der Waals surface area contributed by atoms with Crippen molar-refractivity contribution in [3.63, 3.8) is 0 Å². The Balaban J connectivity index is 1.96. The second kappa shape index (κ2) is 5.73. The average molecular weight is 288 g/mol. The summed E-state index contributed by atoms with van der Waals surface area (Å²) in [6, 6.07) is 0. The standard InChI is InChI=1S/C11H20N4OS2/c1-12-11(6-16,8-4-5-8)7-17-10-14-13-9(18-10)15(2)3/h8,12,16H,4-7H2,1-3H3. The number of nitrogens with one attached hydrogen (secondary N) is 1. The number of nitrogens with zero attached hydrogens (tertiary/aromatic N) is 3. The maximum absolute atomic E-state index is 9.64. The lowest BCUT2D eigenvalue weighted by Crippen LogP contribution is -2.51. The van der Waals surface area contributed by atoms with E-state index in [0.29, 0.717) is 5.92 Å². The summed E-state index contributed by atoms with van der Waals surface area (Å²) >= 11 is 3.27. The van der Waals surface area contributed by atoms with Gasteiger partial charge in [-0.1, -0.05) is 23.1 Å². The monoisotopic (exact) mass is 288 g/mol. The molecule has 0 saturated heterocycles. The Morgan fingerprint density at radius 3 is 2.67 bits per heavy atom. The third-order valence-corrected chi connectivity index (χ3v) is 5.85. The highest BCUT2D eigenvalue weighted by molar-refractivity contribution is 8.01. The number of aliphatic hydroxyl groups is 1. The van der Waals surface area contributed by atoms with Gasteiger partial charge in [-0.2, -0.15) is 0 Å². The molecule has 1 heterocycles. The molecular weight excluding hydrogens is 268 g/mol. The molecule has 0 aliphatic heterocycles. The Morgan fingerprint density at radius 2 is 2.22 bits per heavy atom. The fourth-order valence-corrected chi connectivity index (χ4v) is 4.01. The topological polar surface area (TPSA) is 61.3 Å². The van der Waals surface area contributed by atoms with Crippen LogP contribution in [0, 0.1) is 5.92 Å². The van der Waals surface area contributed by atoms with Crippen LogP contribution >= 0.6 is 23.1 Å². The summed E-state index contributed by atoms with van der Waals surface area (Å²) in [6.07, 6.45) is 2.42. The fourth-order valence-electron chi connectivity index (χ4n) is 1.92. The van der Waals surface area contributed by atoms with Gasteiger partial charge in [0.05, 0.1) is 12.1 Å². The molecule has 1 aromatic rings. The molecule has 1 saturated carbocycles. The molecular formula is C11H20N4OS2. The maximum atomic E-state index is 9.64. The molecule has 1 aromatic heterocycles. The molecule has 102 valence electrons. The molecule has 5 nitrogen and oxygen atoms in total. The molecule has 0 spiro atoms. The van der Waals surface area contributed by atoms with Gasteiger partial charge in [0.15, 0.2) is 4.34 Å². The van der Waals surface area contributed by atoms with Crippen molar-refractivity contribution in [2.75, 3.05) is 38.4 Å². The molecule has 1 aliphatic carbocycles. The van der Waals surface area contributed by atoms with Crippen molar-refractivity contribution in [1.29, 1.82) is 0 Å². The van der Waals surface area contributed by atoms with Crippen LogP contribution in [-0.2, 0) is 0 Å². The number of rotatable bonds is 7. The zero-order valence-electron chi connectivity index (χ0n) is 11.0. The van der Waals surface area contributed by atoms with Gasteiger partial charge in [-0.15, -0.1) is 10.2 Å². The molecule has 2 rings (SSSR count). The first-order chi connectivity index (χ1) is 8.61. The number of anilines is 1. The van der Waals surface area contributed by atoms with E-state index in [9.17, 15) is 5.11 Å². The van der Waals surface area contributed by atoms with E-state index in [1.54, 1.807) is 23.1 Å². The van der Waals surface area contributed by atoms with Gasteiger partial charge >= 0.3 is 0 Å². The summed E-state index contributed by atoms with van der Waals surface area (Å²) in [5.74, 6) is 1.44. The van der Waals surface area contributed by atoms with E-state index in [0.717, 1.165) is 15.2 Å². The molecule has 0 amide bonds. The molecule has 0 aromatic carbocycles. The molecule has 2 N–H and O–H groups in total. The van der Waals surface area contributed by atoms with Gasteiger partial charge in [-0.05, 0) is 25.8 Å². The van der Waals surface area contributed by atoms with Crippen LogP contribution in [0.1, 0.15) is 12.8 Å². The van der Waals surface area contributed by atoms with E-state index in [1.165, 1.54) is 12.8 Å². The fraction of sp³-hybridized carbons (Fsp3) is 0.818. The van der Waals surface area contributed by atoms with Gasteiger partial charge in [0, 0.05) is 19.8 Å². The lowest BCUT2D eigenvalue weighted by atomic mass is 9.97. The van der Waals surface area contributed by atoms with Crippen LogP contribution in [0.5, 0.6) is 0 Å². The largest absolute Gasteiger partial charge is 0.394 e. The second-order valence-corrected chi connectivity index (χ2v) is 7.05. The summed E-state index contributed by atoms with van der Waals surface area (Å²) in [5.41, 5.74) is -0.158. The van der Waals surface area contributed by atoms with Crippen molar-refractivity contribution < 1.29 is 5.11 Å². The van der Waals surface area contributed by atoms with Crippen molar-refractivity contribution in [2.24, 2.45) is 5.92 Å². The Labute approximate surface area is 116 Å². The normalized spacial score (nSPS) is 18.7. The van der Waals surface area contributed by atoms with E-state index in [1.807, 2.05) is 26.0 Å². The summed E-state index contributed by atoms with van der Waals surface area (Å²) < 4.78 is 0.965. The first kappa shape index (κ1) is 14.0. The van der Waals surface area contributed by atoms with Crippen LogP contribution < -0.4 is 10.2 Å². The Bertz CT molecular complexity index is 388. The number of thioether (sulfide) groups is 1. The third kappa shape index (κ3) is 2.96. The number of likely N-dealkylation sites (N-methyl/N-ethyl adjacent to an activating group) is 1.